The molecule has 1 aliphatic heterocycles. The molecule has 0 saturated carbocycles. The molecule has 0 aliphatic carbocycles. The second kappa shape index (κ2) is 7.70. The van der Waals surface area contributed by atoms with Crippen molar-refractivity contribution >= 4 is 27.4 Å². The highest BCUT2D eigenvalue weighted by Crippen LogP contribution is 2.19. The summed E-state index contributed by atoms with van der Waals surface area (Å²) in [6.45, 7) is 3.02. The Kier molecular flexibility index (Phi) is 5.58. The van der Waals surface area contributed by atoms with Crippen LogP contribution >= 0.6 is 11.6 Å². The van der Waals surface area contributed by atoms with Crippen molar-refractivity contribution in [1.82, 2.24) is 14.2 Å². The number of hydrogen-bond donors (Lipinski definition) is 1. The van der Waals surface area contributed by atoms with Gasteiger partial charge in [0.15, 0.2) is 0 Å². The van der Waals surface area contributed by atoms with E-state index in [1.807, 2.05) is 31.3 Å². The first-order valence-corrected chi connectivity index (χ1v) is 9.90. The highest BCUT2D eigenvalue weighted by molar-refractivity contribution is 7.89. The van der Waals surface area contributed by atoms with E-state index in [9.17, 15) is 8.42 Å². The van der Waals surface area contributed by atoms with E-state index >= 15 is 0 Å². The van der Waals surface area contributed by atoms with E-state index in [0.717, 1.165) is 18.7 Å². The fraction of sp³-hybridized carbons (Fsp3) is 0.353. The van der Waals surface area contributed by atoms with Gasteiger partial charge in [0, 0.05) is 43.9 Å². The Balaban J connectivity index is 1.66. The van der Waals surface area contributed by atoms with Gasteiger partial charge in [-0.25, -0.2) is 13.4 Å². The number of piperazine rings is 1. The quantitative estimate of drug-likeness (QED) is 0.862. The lowest BCUT2D eigenvalue weighted by Crippen LogP contribution is -2.47. The van der Waals surface area contributed by atoms with E-state index in [0.29, 0.717) is 30.5 Å². The monoisotopic (exact) mass is 380 g/mol. The number of pyridine rings is 1. The van der Waals surface area contributed by atoms with Crippen LogP contribution in [0.2, 0.25) is 5.02 Å². The zero-order valence-corrected chi connectivity index (χ0v) is 15.6. The van der Waals surface area contributed by atoms with Crippen molar-refractivity contribution in [3.63, 3.8) is 0 Å². The second-order valence-electron chi connectivity index (χ2n) is 6.03. The summed E-state index contributed by atoms with van der Waals surface area (Å²) in [5.74, 6) is 0.609. The van der Waals surface area contributed by atoms with E-state index in [4.69, 9.17) is 11.6 Å². The average Bonchev–Trinajstić information content (AvgIpc) is 2.62. The van der Waals surface area contributed by atoms with E-state index < -0.39 is 10.0 Å². The van der Waals surface area contributed by atoms with Crippen LogP contribution < -0.4 is 5.32 Å². The van der Waals surface area contributed by atoms with Gasteiger partial charge < -0.3 is 10.2 Å². The molecule has 134 valence electrons. The van der Waals surface area contributed by atoms with E-state index in [1.54, 1.807) is 12.1 Å². The molecule has 0 bridgehead atoms. The molecule has 2 heterocycles. The Bertz CT molecular complexity index is 819. The van der Waals surface area contributed by atoms with Gasteiger partial charge in [0.25, 0.3) is 0 Å². The van der Waals surface area contributed by atoms with Crippen molar-refractivity contribution in [2.24, 2.45) is 0 Å². The second-order valence-corrected chi connectivity index (χ2v) is 8.38. The number of nitrogens with zero attached hydrogens (tertiary/aromatic N) is 3. The van der Waals surface area contributed by atoms with Crippen molar-refractivity contribution < 1.29 is 8.42 Å². The van der Waals surface area contributed by atoms with Gasteiger partial charge in [0.2, 0.25) is 10.0 Å². The lowest BCUT2D eigenvalue weighted by molar-refractivity contribution is 0.222. The van der Waals surface area contributed by atoms with Crippen molar-refractivity contribution in [2.45, 2.75) is 11.4 Å². The third-order valence-corrected chi connectivity index (χ3v) is 6.51. The first kappa shape index (κ1) is 18.1. The molecule has 0 amide bonds. The fourth-order valence-electron chi connectivity index (χ4n) is 2.64. The Morgan fingerprint density at radius 3 is 2.48 bits per heavy atom. The topological polar surface area (TPSA) is 65.5 Å². The summed E-state index contributed by atoms with van der Waals surface area (Å²) in [6, 6.07) is 10.8. The van der Waals surface area contributed by atoms with E-state index in [-0.39, 0.29) is 4.90 Å². The third kappa shape index (κ3) is 4.30. The van der Waals surface area contributed by atoms with Crippen LogP contribution in [0.4, 0.5) is 5.82 Å². The minimum Gasteiger partial charge on any atom is -0.366 e. The molecule has 0 radical (unpaired) electrons. The summed E-state index contributed by atoms with van der Waals surface area (Å²) in [5.41, 5.74) is 0.958. The molecule has 0 unspecified atom stereocenters. The zero-order chi connectivity index (χ0) is 17.9. The van der Waals surface area contributed by atoms with Gasteiger partial charge in [-0.1, -0.05) is 29.8 Å². The summed E-state index contributed by atoms with van der Waals surface area (Å²) in [7, 11) is -1.49. The number of rotatable bonds is 5. The smallest absolute Gasteiger partial charge is 0.244 e. The maximum Gasteiger partial charge on any atom is 0.244 e. The average molecular weight is 381 g/mol. The van der Waals surface area contributed by atoms with Crippen LogP contribution in [-0.2, 0) is 16.6 Å². The van der Waals surface area contributed by atoms with Crippen molar-refractivity contribution in [3.8, 4) is 0 Å². The minimum absolute atomic E-state index is 0.223. The van der Waals surface area contributed by atoms with Gasteiger partial charge in [-0.3, -0.25) is 0 Å². The van der Waals surface area contributed by atoms with Gasteiger partial charge in [0.05, 0.1) is 0 Å². The van der Waals surface area contributed by atoms with Crippen LogP contribution in [0.25, 0.3) is 0 Å². The van der Waals surface area contributed by atoms with Crippen LogP contribution in [0, 0.1) is 0 Å². The lowest BCUT2D eigenvalue weighted by atomic mass is 10.2. The molecule has 1 aromatic carbocycles. The Morgan fingerprint density at radius 2 is 1.84 bits per heavy atom. The van der Waals surface area contributed by atoms with Gasteiger partial charge in [0.1, 0.15) is 10.7 Å². The number of likely N-dealkylation sites (N-methyl/N-ethyl adjacent to an activating group) is 1. The summed E-state index contributed by atoms with van der Waals surface area (Å²) in [4.78, 5) is 6.57. The van der Waals surface area contributed by atoms with Gasteiger partial charge >= 0.3 is 0 Å². The zero-order valence-electron chi connectivity index (χ0n) is 14.0. The lowest BCUT2D eigenvalue weighted by Gasteiger charge is -2.31. The summed E-state index contributed by atoms with van der Waals surface area (Å²) >= 11 is 6.12. The molecule has 6 nitrogen and oxygen atoms in total. The molecule has 2 aromatic rings. The van der Waals surface area contributed by atoms with Crippen LogP contribution in [0.3, 0.4) is 0 Å². The van der Waals surface area contributed by atoms with Crippen molar-refractivity contribution in [1.29, 1.82) is 0 Å². The summed E-state index contributed by atoms with van der Waals surface area (Å²) in [6.07, 6.45) is 1.41. The molecule has 1 saturated heterocycles. The third-order valence-electron chi connectivity index (χ3n) is 4.25. The molecular weight excluding hydrogens is 360 g/mol. The molecule has 1 N–H and O–H groups in total. The molecule has 8 heteroatoms. The number of anilines is 1. The molecule has 1 aromatic heterocycles. The Morgan fingerprint density at radius 1 is 1.12 bits per heavy atom. The molecule has 25 heavy (non-hydrogen) atoms. The molecule has 0 spiro atoms. The SMILES string of the molecule is CN1CCN(S(=O)(=O)c2ccc(NCc3ccccc3Cl)nc2)CC1. The highest BCUT2D eigenvalue weighted by atomic mass is 35.5. The molecular formula is C17H21ClN4O2S. The first-order chi connectivity index (χ1) is 12.0. The van der Waals surface area contributed by atoms with Gasteiger partial charge in [-0.05, 0) is 30.8 Å². The Labute approximate surface area is 153 Å². The maximum atomic E-state index is 12.7. The normalized spacial score (nSPS) is 16.7. The molecule has 0 atom stereocenters. The maximum absolute atomic E-state index is 12.7. The number of sulfonamides is 1. The predicted octanol–water partition coefficient (Wildman–Crippen LogP) is 2.28. The van der Waals surface area contributed by atoms with Crippen LogP contribution in [0.15, 0.2) is 47.5 Å². The number of nitrogens with one attached hydrogen (secondary N) is 1. The van der Waals surface area contributed by atoms with Crippen LogP contribution in [-0.4, -0.2) is 55.8 Å². The highest BCUT2D eigenvalue weighted by Gasteiger charge is 2.27. The van der Waals surface area contributed by atoms with Crippen molar-refractivity contribution in [3.05, 3.63) is 53.2 Å². The number of benzene rings is 1. The number of aromatic nitrogens is 1. The number of hydrogen-bond acceptors (Lipinski definition) is 5. The van der Waals surface area contributed by atoms with E-state index in [1.165, 1.54) is 10.5 Å². The van der Waals surface area contributed by atoms with Gasteiger partial charge in [-0.2, -0.15) is 4.31 Å². The number of halogens is 1. The van der Waals surface area contributed by atoms with Crippen molar-refractivity contribution in [2.75, 3.05) is 38.5 Å². The summed E-state index contributed by atoms with van der Waals surface area (Å²) < 4.78 is 26.8. The molecule has 1 aliphatic rings. The Hall–Kier alpha value is -1.67. The first-order valence-electron chi connectivity index (χ1n) is 8.09. The molecule has 3 rings (SSSR count). The van der Waals surface area contributed by atoms with Crippen LogP contribution in [0.5, 0.6) is 0 Å². The largest absolute Gasteiger partial charge is 0.366 e. The van der Waals surface area contributed by atoms with Gasteiger partial charge in [-0.15, -0.1) is 0 Å². The predicted molar refractivity (Wildman–Crippen MR) is 99.3 cm³/mol. The standard InChI is InChI=1S/C17H21ClN4O2S/c1-21-8-10-22(11-9-21)25(23,24)15-6-7-17(20-13-15)19-12-14-4-2-3-5-16(14)18/h2-7,13H,8-12H2,1H3,(H,19,20). The molecule has 1 fully saturated rings. The van der Waals surface area contributed by atoms with E-state index in [2.05, 4.69) is 15.2 Å². The minimum atomic E-state index is -3.48. The van der Waals surface area contributed by atoms with Crippen LogP contribution in [0.1, 0.15) is 5.56 Å². The summed E-state index contributed by atoms with van der Waals surface area (Å²) in [5, 5.41) is 3.84. The fourth-order valence-corrected chi connectivity index (χ4v) is 4.21.